The Balaban J connectivity index is 2.42. The summed E-state index contributed by atoms with van der Waals surface area (Å²) in [7, 11) is 1.58. The van der Waals surface area contributed by atoms with Crippen LogP contribution >= 0.6 is 15.9 Å². The van der Waals surface area contributed by atoms with E-state index in [4.69, 9.17) is 14.6 Å². The van der Waals surface area contributed by atoms with Crippen LogP contribution in [0.1, 0.15) is 12.0 Å². The lowest BCUT2D eigenvalue weighted by atomic mass is 9.75. The molecular formula is C12H13BrO4. The van der Waals surface area contributed by atoms with Gasteiger partial charge in [-0.15, -0.1) is 0 Å². The average molecular weight is 301 g/mol. The molecule has 2 rings (SSSR count). The SMILES string of the molecule is COc1ccc(Br)cc1C1(CC(=O)O)COC1. The fourth-order valence-electron chi connectivity index (χ4n) is 2.09. The minimum atomic E-state index is -0.824. The number of benzene rings is 1. The van der Waals surface area contributed by atoms with Crippen molar-refractivity contribution in [3.05, 3.63) is 28.2 Å². The van der Waals surface area contributed by atoms with Gasteiger partial charge in [-0.1, -0.05) is 15.9 Å². The van der Waals surface area contributed by atoms with Gasteiger partial charge in [0.1, 0.15) is 5.75 Å². The summed E-state index contributed by atoms with van der Waals surface area (Å²) in [5.74, 6) is -0.118. The van der Waals surface area contributed by atoms with Crippen molar-refractivity contribution in [3.8, 4) is 5.75 Å². The number of aliphatic carboxylic acids is 1. The number of methoxy groups -OCH3 is 1. The summed E-state index contributed by atoms with van der Waals surface area (Å²) in [5, 5.41) is 9.00. The molecule has 0 amide bonds. The van der Waals surface area contributed by atoms with Crippen molar-refractivity contribution >= 4 is 21.9 Å². The Bertz CT molecular complexity index is 440. The predicted octanol–water partition coefficient (Wildman–Crippen LogP) is 2.20. The Morgan fingerprint density at radius 1 is 1.59 bits per heavy atom. The van der Waals surface area contributed by atoms with E-state index in [0.29, 0.717) is 19.0 Å². The van der Waals surface area contributed by atoms with Gasteiger partial charge in [-0.3, -0.25) is 4.79 Å². The van der Waals surface area contributed by atoms with Crippen LogP contribution in [0.25, 0.3) is 0 Å². The quantitative estimate of drug-likeness (QED) is 0.926. The minimum Gasteiger partial charge on any atom is -0.496 e. The highest BCUT2D eigenvalue weighted by Crippen LogP contribution is 2.41. The van der Waals surface area contributed by atoms with E-state index in [1.54, 1.807) is 7.11 Å². The first-order valence-corrected chi connectivity index (χ1v) is 6.00. The van der Waals surface area contributed by atoms with Gasteiger partial charge in [0.25, 0.3) is 0 Å². The molecule has 0 radical (unpaired) electrons. The van der Waals surface area contributed by atoms with Gasteiger partial charge in [0.2, 0.25) is 0 Å². The fourth-order valence-corrected chi connectivity index (χ4v) is 2.45. The molecule has 1 N–H and O–H groups in total. The summed E-state index contributed by atoms with van der Waals surface area (Å²) in [5.41, 5.74) is 0.434. The van der Waals surface area contributed by atoms with Crippen molar-refractivity contribution in [2.75, 3.05) is 20.3 Å². The first-order valence-electron chi connectivity index (χ1n) is 5.21. The lowest BCUT2D eigenvalue weighted by Gasteiger charge is -2.41. The largest absolute Gasteiger partial charge is 0.496 e. The second kappa shape index (κ2) is 4.66. The normalized spacial score (nSPS) is 17.3. The number of halogens is 1. The molecule has 1 fully saturated rings. The highest BCUT2D eigenvalue weighted by molar-refractivity contribution is 9.10. The van der Waals surface area contributed by atoms with Crippen LogP contribution in [-0.2, 0) is 14.9 Å². The van der Waals surface area contributed by atoms with Crippen molar-refractivity contribution in [2.45, 2.75) is 11.8 Å². The molecule has 92 valence electrons. The number of hydrogen-bond donors (Lipinski definition) is 1. The van der Waals surface area contributed by atoms with E-state index >= 15 is 0 Å². The lowest BCUT2D eigenvalue weighted by molar-refractivity contribution is -0.145. The molecule has 1 aromatic carbocycles. The van der Waals surface area contributed by atoms with Gasteiger partial charge in [0, 0.05) is 10.0 Å². The number of carboxylic acids is 1. The summed E-state index contributed by atoms with van der Waals surface area (Å²) in [6.07, 6.45) is 0.0554. The second-order valence-electron chi connectivity index (χ2n) is 4.19. The number of rotatable bonds is 4. The number of carbonyl (C=O) groups is 1. The van der Waals surface area contributed by atoms with Crippen LogP contribution in [0.5, 0.6) is 5.75 Å². The molecule has 0 atom stereocenters. The van der Waals surface area contributed by atoms with Gasteiger partial charge in [0.05, 0.1) is 32.2 Å². The third kappa shape index (κ3) is 2.30. The maximum Gasteiger partial charge on any atom is 0.304 e. The molecule has 17 heavy (non-hydrogen) atoms. The van der Waals surface area contributed by atoms with Gasteiger partial charge in [-0.05, 0) is 18.2 Å². The highest BCUT2D eigenvalue weighted by atomic mass is 79.9. The number of hydrogen-bond acceptors (Lipinski definition) is 3. The van der Waals surface area contributed by atoms with E-state index < -0.39 is 11.4 Å². The van der Waals surface area contributed by atoms with Gasteiger partial charge in [-0.2, -0.15) is 0 Å². The number of ether oxygens (including phenoxy) is 2. The summed E-state index contributed by atoms with van der Waals surface area (Å²) in [6, 6.07) is 5.61. The molecule has 0 saturated carbocycles. The Labute approximate surface area is 108 Å². The summed E-state index contributed by atoms with van der Waals surface area (Å²) < 4.78 is 11.4. The lowest BCUT2D eigenvalue weighted by Crippen LogP contribution is -2.48. The Morgan fingerprint density at radius 2 is 2.29 bits per heavy atom. The summed E-state index contributed by atoms with van der Waals surface area (Å²) in [6.45, 7) is 0.845. The van der Waals surface area contributed by atoms with E-state index in [1.807, 2.05) is 18.2 Å². The number of carboxylic acid groups (broad SMARTS) is 1. The first-order chi connectivity index (χ1) is 8.07. The van der Waals surface area contributed by atoms with Gasteiger partial charge < -0.3 is 14.6 Å². The van der Waals surface area contributed by atoms with Crippen molar-refractivity contribution in [1.82, 2.24) is 0 Å². The van der Waals surface area contributed by atoms with Crippen LogP contribution < -0.4 is 4.74 Å². The molecule has 1 aliphatic rings. The zero-order chi connectivity index (χ0) is 12.5. The maximum atomic E-state index is 11.0. The predicted molar refractivity (Wildman–Crippen MR) is 65.4 cm³/mol. The molecule has 1 aromatic rings. The molecule has 4 nitrogen and oxygen atoms in total. The van der Waals surface area contributed by atoms with Gasteiger partial charge >= 0.3 is 5.97 Å². The fraction of sp³-hybridized carbons (Fsp3) is 0.417. The second-order valence-corrected chi connectivity index (χ2v) is 5.10. The van der Waals surface area contributed by atoms with Crippen LogP contribution in [0.2, 0.25) is 0 Å². The van der Waals surface area contributed by atoms with Crippen LogP contribution in [-0.4, -0.2) is 31.4 Å². The molecule has 1 heterocycles. The third-order valence-electron chi connectivity index (χ3n) is 2.98. The van der Waals surface area contributed by atoms with Crippen molar-refractivity contribution < 1.29 is 19.4 Å². The average Bonchev–Trinajstić information content (AvgIpc) is 2.23. The Kier molecular flexibility index (Phi) is 3.40. The third-order valence-corrected chi connectivity index (χ3v) is 3.47. The van der Waals surface area contributed by atoms with Crippen molar-refractivity contribution in [2.24, 2.45) is 0 Å². The molecule has 5 heteroatoms. The van der Waals surface area contributed by atoms with Crippen LogP contribution in [0.3, 0.4) is 0 Å². The summed E-state index contributed by atoms with van der Waals surface area (Å²) >= 11 is 3.39. The monoisotopic (exact) mass is 300 g/mol. The Morgan fingerprint density at radius 3 is 2.76 bits per heavy atom. The standard InChI is InChI=1S/C12H13BrO4/c1-16-10-3-2-8(13)4-9(10)12(5-11(14)15)6-17-7-12/h2-4H,5-7H2,1H3,(H,14,15). The molecule has 1 saturated heterocycles. The van der Waals surface area contributed by atoms with E-state index in [2.05, 4.69) is 15.9 Å². The molecule has 1 aliphatic heterocycles. The first kappa shape index (κ1) is 12.4. The van der Waals surface area contributed by atoms with Crippen LogP contribution in [0.15, 0.2) is 22.7 Å². The van der Waals surface area contributed by atoms with Crippen LogP contribution in [0.4, 0.5) is 0 Å². The minimum absolute atomic E-state index is 0.0554. The Hall–Kier alpha value is -1.07. The summed E-state index contributed by atoms with van der Waals surface area (Å²) in [4.78, 5) is 11.0. The van der Waals surface area contributed by atoms with E-state index in [0.717, 1.165) is 10.0 Å². The van der Waals surface area contributed by atoms with Crippen molar-refractivity contribution in [1.29, 1.82) is 0 Å². The topological polar surface area (TPSA) is 55.8 Å². The highest BCUT2D eigenvalue weighted by Gasteiger charge is 2.44. The zero-order valence-electron chi connectivity index (χ0n) is 9.40. The molecular weight excluding hydrogens is 288 g/mol. The van der Waals surface area contributed by atoms with E-state index in [-0.39, 0.29) is 6.42 Å². The van der Waals surface area contributed by atoms with Crippen molar-refractivity contribution in [3.63, 3.8) is 0 Å². The van der Waals surface area contributed by atoms with Gasteiger partial charge in [0.15, 0.2) is 0 Å². The van der Waals surface area contributed by atoms with E-state index in [9.17, 15) is 4.79 Å². The molecule has 0 unspecified atom stereocenters. The van der Waals surface area contributed by atoms with Crippen LogP contribution in [0, 0.1) is 0 Å². The van der Waals surface area contributed by atoms with E-state index in [1.165, 1.54) is 0 Å². The van der Waals surface area contributed by atoms with Gasteiger partial charge in [-0.25, -0.2) is 0 Å². The zero-order valence-corrected chi connectivity index (χ0v) is 11.0. The molecule has 0 aromatic heterocycles. The smallest absolute Gasteiger partial charge is 0.304 e. The maximum absolute atomic E-state index is 11.0. The molecule has 0 aliphatic carbocycles. The molecule has 0 spiro atoms. The molecule has 0 bridgehead atoms.